The first kappa shape index (κ1) is 15.0. The third-order valence-electron chi connectivity index (χ3n) is 4.44. The van der Waals surface area contributed by atoms with Crippen molar-refractivity contribution in [2.45, 2.75) is 72.4 Å². The van der Waals surface area contributed by atoms with Gasteiger partial charge in [-0.15, -0.1) is 11.3 Å². The second-order valence-corrected chi connectivity index (χ2v) is 8.07. The maximum atomic E-state index is 4.48. The fourth-order valence-corrected chi connectivity index (χ4v) is 3.80. The maximum absolute atomic E-state index is 4.48. The van der Waals surface area contributed by atoms with Gasteiger partial charge in [0.05, 0.1) is 0 Å². The van der Waals surface area contributed by atoms with Crippen molar-refractivity contribution in [2.75, 3.05) is 0 Å². The lowest BCUT2D eigenvalue weighted by atomic mass is 9.71. The molecule has 1 aliphatic rings. The third-order valence-corrected chi connectivity index (χ3v) is 5.59. The van der Waals surface area contributed by atoms with Crippen molar-refractivity contribution >= 4 is 11.3 Å². The van der Waals surface area contributed by atoms with Crippen molar-refractivity contribution in [1.29, 1.82) is 0 Å². The van der Waals surface area contributed by atoms with Gasteiger partial charge in [0.1, 0.15) is 5.01 Å². The fraction of sp³-hybridized carbons (Fsp3) is 0.812. The van der Waals surface area contributed by atoms with Crippen molar-refractivity contribution in [3.63, 3.8) is 0 Å². The van der Waals surface area contributed by atoms with Crippen LogP contribution in [-0.2, 0) is 13.0 Å². The van der Waals surface area contributed by atoms with Crippen LogP contribution in [0, 0.1) is 11.3 Å². The number of hydrogen-bond acceptors (Lipinski definition) is 3. The molecular formula is C16H28N2S. The minimum absolute atomic E-state index is 0.482. The Morgan fingerprint density at radius 1 is 1.26 bits per heavy atom. The van der Waals surface area contributed by atoms with Gasteiger partial charge in [0.2, 0.25) is 0 Å². The highest BCUT2D eigenvalue weighted by Crippen LogP contribution is 2.37. The first-order valence-corrected chi connectivity index (χ1v) is 8.47. The number of aryl methyl sites for hydroxylation is 1. The summed E-state index contributed by atoms with van der Waals surface area (Å²) in [7, 11) is 0. The second-order valence-electron chi connectivity index (χ2n) is 6.87. The molecule has 0 aromatic carbocycles. The molecule has 2 nitrogen and oxygen atoms in total. The van der Waals surface area contributed by atoms with Crippen molar-refractivity contribution in [1.82, 2.24) is 10.3 Å². The molecule has 0 amide bonds. The Kier molecular flexibility index (Phi) is 5.02. The molecule has 1 N–H and O–H groups in total. The van der Waals surface area contributed by atoms with E-state index < -0.39 is 0 Å². The van der Waals surface area contributed by atoms with Crippen LogP contribution < -0.4 is 5.32 Å². The first-order valence-electron chi connectivity index (χ1n) is 7.66. The molecule has 1 heterocycles. The van der Waals surface area contributed by atoms with E-state index in [0.29, 0.717) is 11.5 Å². The Labute approximate surface area is 122 Å². The van der Waals surface area contributed by atoms with Crippen LogP contribution in [-0.4, -0.2) is 11.0 Å². The maximum Gasteiger partial charge on any atom is 0.107 e. The van der Waals surface area contributed by atoms with Crippen LogP contribution in [0.4, 0.5) is 0 Å². The van der Waals surface area contributed by atoms with Crippen molar-refractivity contribution < 1.29 is 0 Å². The van der Waals surface area contributed by atoms with Crippen LogP contribution in [0.3, 0.4) is 0 Å². The summed E-state index contributed by atoms with van der Waals surface area (Å²) in [5.74, 6) is 0.900. The molecule has 0 unspecified atom stereocenters. The van der Waals surface area contributed by atoms with Gasteiger partial charge in [-0.25, -0.2) is 4.98 Å². The first-order chi connectivity index (χ1) is 8.99. The zero-order chi connectivity index (χ0) is 13.9. The molecule has 0 aliphatic heterocycles. The Morgan fingerprint density at radius 2 is 1.95 bits per heavy atom. The lowest BCUT2D eigenvalue weighted by Crippen LogP contribution is -2.35. The summed E-state index contributed by atoms with van der Waals surface area (Å²) in [5, 5.41) is 4.94. The monoisotopic (exact) mass is 280 g/mol. The van der Waals surface area contributed by atoms with Gasteiger partial charge in [0.15, 0.2) is 0 Å². The Bertz CT molecular complexity index is 384. The zero-order valence-corrected chi connectivity index (χ0v) is 13.6. The predicted molar refractivity (Wildman–Crippen MR) is 83.5 cm³/mol. The molecule has 1 aliphatic carbocycles. The van der Waals surface area contributed by atoms with Gasteiger partial charge in [-0.1, -0.05) is 27.7 Å². The normalized spacial score (nSPS) is 24.6. The molecule has 3 heteroatoms. The van der Waals surface area contributed by atoms with Gasteiger partial charge in [-0.2, -0.15) is 0 Å². The second kappa shape index (κ2) is 6.36. The summed E-state index contributed by atoms with van der Waals surface area (Å²) in [6, 6.07) is 0.701. The van der Waals surface area contributed by atoms with Crippen LogP contribution in [0.2, 0.25) is 0 Å². The number of rotatable bonds is 4. The molecule has 108 valence electrons. The molecule has 0 spiro atoms. The Balaban J connectivity index is 1.74. The van der Waals surface area contributed by atoms with Gasteiger partial charge >= 0.3 is 0 Å². The summed E-state index contributed by atoms with van der Waals surface area (Å²) < 4.78 is 0. The number of thiazole rings is 1. The summed E-state index contributed by atoms with van der Waals surface area (Å²) in [4.78, 5) is 5.88. The molecule has 0 radical (unpaired) electrons. The summed E-state index contributed by atoms with van der Waals surface area (Å²) in [6.45, 7) is 10.3. The van der Waals surface area contributed by atoms with Crippen LogP contribution in [0.1, 0.15) is 63.3 Å². The number of hydrogen-bond donors (Lipinski definition) is 1. The summed E-state index contributed by atoms with van der Waals surface area (Å²) in [6.07, 6.45) is 8.53. The Morgan fingerprint density at radius 3 is 2.47 bits per heavy atom. The van der Waals surface area contributed by atoms with E-state index in [4.69, 9.17) is 0 Å². The Hall–Kier alpha value is -0.410. The SMILES string of the molecule is CCc1cnc(CNC2CCC(C(C)(C)C)CC2)s1. The van der Waals surface area contributed by atoms with Gasteiger partial charge < -0.3 is 5.32 Å². The van der Waals surface area contributed by atoms with Crippen molar-refractivity contribution in [3.8, 4) is 0 Å². The quantitative estimate of drug-likeness (QED) is 0.884. The molecule has 0 atom stereocenters. The summed E-state index contributed by atoms with van der Waals surface area (Å²) >= 11 is 1.85. The highest BCUT2D eigenvalue weighted by molar-refractivity contribution is 7.11. The predicted octanol–water partition coefficient (Wildman–Crippen LogP) is 4.40. The number of nitrogens with one attached hydrogen (secondary N) is 1. The van der Waals surface area contributed by atoms with E-state index in [9.17, 15) is 0 Å². The van der Waals surface area contributed by atoms with Crippen molar-refractivity contribution in [2.24, 2.45) is 11.3 Å². The highest BCUT2D eigenvalue weighted by atomic mass is 32.1. The van der Waals surface area contributed by atoms with E-state index in [1.54, 1.807) is 0 Å². The topological polar surface area (TPSA) is 24.9 Å². The van der Waals surface area contributed by atoms with E-state index >= 15 is 0 Å². The summed E-state index contributed by atoms with van der Waals surface area (Å²) in [5.41, 5.74) is 0.482. The van der Waals surface area contributed by atoms with Crippen molar-refractivity contribution in [3.05, 3.63) is 16.1 Å². The molecule has 2 rings (SSSR count). The molecule has 1 fully saturated rings. The third kappa shape index (κ3) is 4.28. The molecule has 19 heavy (non-hydrogen) atoms. The molecule has 1 aromatic rings. The molecule has 1 saturated carbocycles. The number of nitrogens with zero attached hydrogens (tertiary/aromatic N) is 1. The lowest BCUT2D eigenvalue weighted by molar-refractivity contribution is 0.160. The average molecular weight is 280 g/mol. The van der Waals surface area contributed by atoms with Crippen LogP contribution >= 0.6 is 11.3 Å². The van der Waals surface area contributed by atoms with E-state index in [0.717, 1.165) is 18.9 Å². The molecular weight excluding hydrogens is 252 g/mol. The fourth-order valence-electron chi connectivity index (χ4n) is 2.99. The molecule has 0 bridgehead atoms. The van der Waals surface area contributed by atoms with E-state index in [1.807, 2.05) is 17.5 Å². The van der Waals surface area contributed by atoms with Gasteiger partial charge in [-0.05, 0) is 43.4 Å². The minimum Gasteiger partial charge on any atom is -0.308 e. The average Bonchev–Trinajstić information content (AvgIpc) is 2.84. The van der Waals surface area contributed by atoms with Gasteiger partial charge in [-0.3, -0.25) is 0 Å². The molecule has 1 aromatic heterocycles. The van der Waals surface area contributed by atoms with Crippen LogP contribution in [0.15, 0.2) is 6.20 Å². The van der Waals surface area contributed by atoms with Crippen LogP contribution in [0.5, 0.6) is 0 Å². The van der Waals surface area contributed by atoms with Gasteiger partial charge in [0.25, 0.3) is 0 Å². The largest absolute Gasteiger partial charge is 0.308 e. The highest BCUT2D eigenvalue weighted by Gasteiger charge is 2.29. The van der Waals surface area contributed by atoms with Crippen LogP contribution in [0.25, 0.3) is 0 Å². The zero-order valence-electron chi connectivity index (χ0n) is 12.8. The number of aromatic nitrogens is 1. The molecule has 0 saturated heterocycles. The standard InChI is InChI=1S/C16H28N2S/c1-5-14-10-18-15(19-14)11-17-13-8-6-12(7-9-13)16(2,3)4/h10,12-13,17H,5-9,11H2,1-4H3. The lowest BCUT2D eigenvalue weighted by Gasteiger charge is -2.37. The smallest absolute Gasteiger partial charge is 0.107 e. The van der Waals surface area contributed by atoms with E-state index in [2.05, 4.69) is 38.0 Å². The van der Waals surface area contributed by atoms with E-state index in [-0.39, 0.29) is 0 Å². The minimum atomic E-state index is 0.482. The van der Waals surface area contributed by atoms with E-state index in [1.165, 1.54) is 35.6 Å². The van der Waals surface area contributed by atoms with Gasteiger partial charge in [0, 0.05) is 23.7 Å².